The summed E-state index contributed by atoms with van der Waals surface area (Å²) in [6.45, 7) is 4.29. The van der Waals surface area contributed by atoms with E-state index in [1.165, 1.54) is 6.07 Å². The van der Waals surface area contributed by atoms with Crippen LogP contribution < -0.4 is 10.2 Å². The second-order valence-corrected chi connectivity index (χ2v) is 5.13. The van der Waals surface area contributed by atoms with E-state index in [4.69, 9.17) is 5.26 Å². The molecule has 1 aromatic carbocycles. The van der Waals surface area contributed by atoms with Gasteiger partial charge in [-0.25, -0.2) is 0 Å². The molecule has 0 saturated carbocycles. The fraction of sp³-hybridized carbons (Fsp3) is 0.533. The van der Waals surface area contributed by atoms with Gasteiger partial charge in [-0.05, 0) is 44.5 Å². The number of rotatable bonds is 3. The molecule has 0 amide bonds. The molecule has 1 N–H and O–H groups in total. The minimum Gasteiger partial charge on any atom is -0.368 e. The first-order valence-corrected chi connectivity index (χ1v) is 7.06. The second-order valence-electron chi connectivity index (χ2n) is 5.13. The maximum Gasteiger partial charge on any atom is 0.417 e. The molecule has 0 radical (unpaired) electrons. The van der Waals surface area contributed by atoms with Crippen LogP contribution in [0.1, 0.15) is 30.9 Å². The molecule has 1 saturated heterocycles. The first kappa shape index (κ1) is 18.6. The van der Waals surface area contributed by atoms with Crippen molar-refractivity contribution in [1.82, 2.24) is 5.32 Å². The van der Waals surface area contributed by atoms with Crippen molar-refractivity contribution in [3.63, 3.8) is 0 Å². The molecule has 0 bridgehead atoms. The number of alkyl halides is 3. The normalized spacial score (nSPS) is 18.2. The highest BCUT2D eigenvalue weighted by Crippen LogP contribution is 2.35. The summed E-state index contributed by atoms with van der Waals surface area (Å²) in [4.78, 5) is 1.97. The number of anilines is 1. The molecular formula is C15H19ClF3N3. The summed E-state index contributed by atoms with van der Waals surface area (Å²) in [7, 11) is 0. The molecule has 1 aliphatic heterocycles. The zero-order valence-electron chi connectivity index (χ0n) is 12.3. The van der Waals surface area contributed by atoms with E-state index in [-0.39, 0.29) is 24.0 Å². The average Bonchev–Trinajstić information content (AvgIpc) is 2.48. The molecule has 1 heterocycles. The fourth-order valence-corrected chi connectivity index (χ4v) is 2.79. The largest absolute Gasteiger partial charge is 0.417 e. The Morgan fingerprint density at radius 1 is 1.41 bits per heavy atom. The fourth-order valence-electron chi connectivity index (χ4n) is 2.79. The van der Waals surface area contributed by atoms with E-state index in [2.05, 4.69) is 5.32 Å². The monoisotopic (exact) mass is 333 g/mol. The number of hydrogen-bond acceptors (Lipinski definition) is 3. The molecule has 0 aromatic heterocycles. The number of hydrogen-bond donors (Lipinski definition) is 1. The Morgan fingerprint density at radius 2 is 2.14 bits per heavy atom. The summed E-state index contributed by atoms with van der Waals surface area (Å²) in [5.74, 6) is 0. The third-order valence-corrected chi connectivity index (χ3v) is 3.81. The number of halogens is 4. The molecular weight excluding hydrogens is 315 g/mol. The molecule has 2 rings (SSSR count). The Morgan fingerprint density at radius 3 is 2.64 bits per heavy atom. The van der Waals surface area contributed by atoms with E-state index < -0.39 is 11.7 Å². The molecule has 0 unspecified atom stereocenters. The standard InChI is InChI=1S/C15H18F3N3.ClH/c1-2-21(13-4-3-7-20-10-13)12-6-5-11(9-19)14(8-12)15(16,17)18;/h5-6,8,13,20H,2-4,7,10H2,1H3;1H/t13-;/m0./s1. The Hall–Kier alpha value is -1.45. The van der Waals surface area contributed by atoms with Gasteiger partial charge in [0.25, 0.3) is 0 Å². The summed E-state index contributed by atoms with van der Waals surface area (Å²) in [5, 5.41) is 12.1. The highest BCUT2D eigenvalue weighted by Gasteiger charge is 2.34. The first-order chi connectivity index (χ1) is 9.97. The van der Waals surface area contributed by atoms with E-state index in [1.54, 1.807) is 12.1 Å². The molecule has 1 fully saturated rings. The third kappa shape index (κ3) is 4.05. The lowest BCUT2D eigenvalue weighted by atomic mass is 10.0. The van der Waals surface area contributed by atoms with E-state index in [9.17, 15) is 13.2 Å². The highest BCUT2D eigenvalue weighted by atomic mass is 35.5. The van der Waals surface area contributed by atoms with Crippen molar-refractivity contribution in [2.45, 2.75) is 32.0 Å². The van der Waals surface area contributed by atoms with Crippen molar-refractivity contribution in [2.75, 3.05) is 24.5 Å². The predicted molar refractivity (Wildman–Crippen MR) is 82.3 cm³/mol. The Bertz CT molecular complexity index is 534. The number of likely N-dealkylation sites (N-methyl/N-ethyl adjacent to an activating group) is 1. The molecule has 0 aliphatic carbocycles. The number of piperidine rings is 1. The van der Waals surface area contributed by atoms with Crippen LogP contribution in [0.3, 0.4) is 0 Å². The van der Waals surface area contributed by atoms with Crippen molar-refractivity contribution in [3.05, 3.63) is 29.3 Å². The zero-order valence-corrected chi connectivity index (χ0v) is 13.1. The van der Waals surface area contributed by atoms with Gasteiger partial charge in [-0.1, -0.05) is 0 Å². The molecule has 1 aliphatic rings. The van der Waals surface area contributed by atoms with Crippen LogP contribution in [0, 0.1) is 11.3 Å². The zero-order chi connectivity index (χ0) is 15.5. The first-order valence-electron chi connectivity index (χ1n) is 7.06. The van der Waals surface area contributed by atoms with Gasteiger partial charge >= 0.3 is 6.18 Å². The highest BCUT2D eigenvalue weighted by molar-refractivity contribution is 5.85. The number of nitrogens with zero attached hydrogens (tertiary/aromatic N) is 2. The van der Waals surface area contributed by atoms with Crippen LogP contribution in [0.4, 0.5) is 18.9 Å². The van der Waals surface area contributed by atoms with E-state index in [1.807, 2.05) is 11.8 Å². The minimum absolute atomic E-state index is 0. The molecule has 22 heavy (non-hydrogen) atoms. The van der Waals surface area contributed by atoms with Crippen molar-refractivity contribution in [1.29, 1.82) is 5.26 Å². The van der Waals surface area contributed by atoms with Gasteiger partial charge in [0.05, 0.1) is 17.2 Å². The number of nitrogens with one attached hydrogen (secondary N) is 1. The maximum absolute atomic E-state index is 13.0. The van der Waals surface area contributed by atoms with Crippen LogP contribution in [0.2, 0.25) is 0 Å². The molecule has 1 atom stereocenters. The molecule has 7 heteroatoms. The third-order valence-electron chi connectivity index (χ3n) is 3.81. The Balaban J connectivity index is 0.00000242. The maximum atomic E-state index is 13.0. The van der Waals surface area contributed by atoms with Crippen LogP contribution in [-0.2, 0) is 6.18 Å². The van der Waals surface area contributed by atoms with E-state index in [0.717, 1.165) is 32.0 Å². The lowest BCUT2D eigenvalue weighted by Gasteiger charge is -2.36. The molecule has 122 valence electrons. The van der Waals surface area contributed by atoms with Crippen LogP contribution in [-0.4, -0.2) is 25.7 Å². The van der Waals surface area contributed by atoms with Gasteiger partial charge in [0.15, 0.2) is 0 Å². The van der Waals surface area contributed by atoms with Crippen LogP contribution in [0.5, 0.6) is 0 Å². The quantitative estimate of drug-likeness (QED) is 0.919. The van der Waals surface area contributed by atoms with Crippen LogP contribution in [0.25, 0.3) is 0 Å². The van der Waals surface area contributed by atoms with Gasteiger partial charge < -0.3 is 10.2 Å². The predicted octanol–water partition coefficient (Wildman–Crippen LogP) is 3.58. The Kier molecular flexibility index (Phi) is 6.51. The van der Waals surface area contributed by atoms with E-state index in [0.29, 0.717) is 12.2 Å². The lowest BCUT2D eigenvalue weighted by molar-refractivity contribution is -0.137. The van der Waals surface area contributed by atoms with Gasteiger partial charge in [-0.2, -0.15) is 18.4 Å². The number of benzene rings is 1. The average molecular weight is 334 g/mol. The second kappa shape index (κ2) is 7.70. The molecule has 3 nitrogen and oxygen atoms in total. The van der Waals surface area contributed by atoms with Gasteiger partial charge in [0.1, 0.15) is 0 Å². The molecule has 0 spiro atoms. The van der Waals surface area contributed by atoms with Crippen molar-refractivity contribution in [3.8, 4) is 6.07 Å². The summed E-state index contributed by atoms with van der Waals surface area (Å²) < 4.78 is 39.1. The smallest absolute Gasteiger partial charge is 0.368 e. The summed E-state index contributed by atoms with van der Waals surface area (Å²) in [6.07, 6.45) is -2.53. The van der Waals surface area contributed by atoms with Gasteiger partial charge in [0, 0.05) is 24.8 Å². The van der Waals surface area contributed by atoms with Crippen molar-refractivity contribution < 1.29 is 13.2 Å². The summed E-state index contributed by atoms with van der Waals surface area (Å²) in [6, 6.07) is 5.77. The van der Waals surface area contributed by atoms with E-state index >= 15 is 0 Å². The number of nitriles is 1. The van der Waals surface area contributed by atoms with Crippen LogP contribution in [0.15, 0.2) is 18.2 Å². The SMILES string of the molecule is CCN(c1ccc(C#N)c(C(F)(F)F)c1)[C@H]1CCCNC1.Cl. The van der Waals surface area contributed by atoms with Crippen molar-refractivity contribution in [2.24, 2.45) is 0 Å². The summed E-state index contributed by atoms with van der Waals surface area (Å²) in [5.41, 5.74) is -0.661. The van der Waals surface area contributed by atoms with Gasteiger partial charge in [-0.15, -0.1) is 12.4 Å². The van der Waals surface area contributed by atoms with Crippen LogP contribution >= 0.6 is 12.4 Å². The van der Waals surface area contributed by atoms with Crippen molar-refractivity contribution >= 4 is 18.1 Å². The molecule has 1 aromatic rings. The minimum atomic E-state index is -4.51. The topological polar surface area (TPSA) is 39.1 Å². The van der Waals surface area contributed by atoms with Gasteiger partial charge in [-0.3, -0.25) is 0 Å². The Labute approximate surface area is 134 Å². The summed E-state index contributed by atoms with van der Waals surface area (Å²) >= 11 is 0. The lowest BCUT2D eigenvalue weighted by Crippen LogP contribution is -2.46. The van der Waals surface area contributed by atoms with Gasteiger partial charge in [0.2, 0.25) is 0 Å².